The third-order valence-electron chi connectivity index (χ3n) is 6.00. The van der Waals surface area contributed by atoms with Crippen LogP contribution in [0.1, 0.15) is 29.5 Å². The fourth-order valence-electron chi connectivity index (χ4n) is 4.28. The van der Waals surface area contributed by atoms with Crippen LogP contribution in [0, 0.1) is 0 Å². The van der Waals surface area contributed by atoms with Gasteiger partial charge in [0.25, 0.3) is 0 Å². The predicted molar refractivity (Wildman–Crippen MR) is 134 cm³/mol. The smallest absolute Gasteiger partial charge is 0.111 e. The number of ether oxygens (including phenoxy) is 4. The monoisotopic (exact) mass is 458 g/mol. The molecule has 4 heteroatoms. The van der Waals surface area contributed by atoms with E-state index in [1.54, 1.807) is 0 Å². The molecule has 1 fully saturated rings. The normalized spacial score (nSPS) is 22.4. The van der Waals surface area contributed by atoms with Crippen LogP contribution >= 0.6 is 0 Å². The Bertz CT molecular complexity index is 961. The second kappa shape index (κ2) is 13.2. The van der Waals surface area contributed by atoms with E-state index in [0.717, 1.165) is 16.7 Å². The molecule has 4 nitrogen and oxygen atoms in total. The first-order chi connectivity index (χ1) is 16.8. The van der Waals surface area contributed by atoms with Crippen LogP contribution in [-0.2, 0) is 38.8 Å². The maximum Gasteiger partial charge on any atom is 0.111 e. The molecule has 0 N–H and O–H groups in total. The van der Waals surface area contributed by atoms with E-state index < -0.39 is 0 Å². The third kappa shape index (κ3) is 7.37. The average Bonchev–Trinajstić information content (AvgIpc) is 2.89. The Morgan fingerprint density at radius 2 is 1.26 bits per heavy atom. The molecule has 0 aromatic heterocycles. The highest BCUT2D eigenvalue weighted by Gasteiger charge is 2.39. The maximum absolute atomic E-state index is 6.45. The highest BCUT2D eigenvalue weighted by Crippen LogP contribution is 2.29. The summed E-state index contributed by atoms with van der Waals surface area (Å²) in [6.45, 7) is 6.08. The Morgan fingerprint density at radius 1 is 0.735 bits per heavy atom. The maximum atomic E-state index is 6.45. The molecule has 1 heterocycles. The van der Waals surface area contributed by atoms with Crippen LogP contribution in [0.4, 0.5) is 0 Å². The van der Waals surface area contributed by atoms with Gasteiger partial charge in [0.05, 0.1) is 44.7 Å². The summed E-state index contributed by atoms with van der Waals surface area (Å²) in [5, 5.41) is 0. The van der Waals surface area contributed by atoms with Crippen molar-refractivity contribution in [1.29, 1.82) is 0 Å². The standard InChI is InChI=1S/C30H34O4/c1-2-12-28-30(33-22-26-17-10-5-11-18-26)29(32-21-25-15-8-4-9-16-25)19-27(34-28)23-31-20-24-13-6-3-7-14-24/h2-11,13-18,27-30H,1,12,19-23H2/t27-,28-,29-,30+/m0/s1. The molecule has 34 heavy (non-hydrogen) atoms. The first-order valence-electron chi connectivity index (χ1n) is 12.0. The highest BCUT2D eigenvalue weighted by molar-refractivity contribution is 5.15. The van der Waals surface area contributed by atoms with Gasteiger partial charge in [-0.2, -0.15) is 0 Å². The molecule has 0 amide bonds. The van der Waals surface area contributed by atoms with Crippen LogP contribution in [0.25, 0.3) is 0 Å². The molecule has 0 bridgehead atoms. The zero-order chi connectivity index (χ0) is 23.4. The van der Waals surface area contributed by atoms with Crippen molar-refractivity contribution in [2.75, 3.05) is 6.61 Å². The summed E-state index contributed by atoms with van der Waals surface area (Å²) in [5.74, 6) is 0. The first kappa shape index (κ1) is 24.4. The molecule has 0 aliphatic carbocycles. The fourth-order valence-corrected chi connectivity index (χ4v) is 4.28. The lowest BCUT2D eigenvalue weighted by Gasteiger charge is -2.41. The van der Waals surface area contributed by atoms with Crippen LogP contribution < -0.4 is 0 Å². The van der Waals surface area contributed by atoms with Crippen molar-refractivity contribution in [2.24, 2.45) is 0 Å². The van der Waals surface area contributed by atoms with Crippen LogP contribution in [0.5, 0.6) is 0 Å². The second-order valence-corrected chi connectivity index (χ2v) is 8.65. The summed E-state index contributed by atoms with van der Waals surface area (Å²) in [7, 11) is 0. The summed E-state index contributed by atoms with van der Waals surface area (Å²) in [4.78, 5) is 0. The molecule has 4 atom stereocenters. The number of hydrogen-bond acceptors (Lipinski definition) is 4. The van der Waals surface area contributed by atoms with Gasteiger partial charge in [-0.05, 0) is 23.1 Å². The molecule has 4 rings (SSSR count). The Kier molecular flexibility index (Phi) is 9.47. The molecule has 0 unspecified atom stereocenters. The van der Waals surface area contributed by atoms with Crippen molar-refractivity contribution < 1.29 is 18.9 Å². The largest absolute Gasteiger partial charge is 0.374 e. The lowest BCUT2D eigenvalue weighted by molar-refractivity contribution is -0.215. The Balaban J connectivity index is 1.42. The van der Waals surface area contributed by atoms with Gasteiger partial charge < -0.3 is 18.9 Å². The average molecular weight is 459 g/mol. The van der Waals surface area contributed by atoms with Crippen molar-refractivity contribution in [3.05, 3.63) is 120 Å². The molecule has 1 aliphatic rings. The van der Waals surface area contributed by atoms with E-state index in [0.29, 0.717) is 39.3 Å². The van der Waals surface area contributed by atoms with Gasteiger partial charge in [-0.15, -0.1) is 6.58 Å². The molecular weight excluding hydrogens is 424 g/mol. The topological polar surface area (TPSA) is 36.9 Å². The van der Waals surface area contributed by atoms with Gasteiger partial charge in [0.2, 0.25) is 0 Å². The van der Waals surface area contributed by atoms with Crippen molar-refractivity contribution in [3.8, 4) is 0 Å². The molecule has 0 radical (unpaired) electrons. The highest BCUT2D eigenvalue weighted by atomic mass is 16.6. The summed E-state index contributed by atoms with van der Waals surface area (Å²) in [6.07, 6.45) is 2.81. The molecule has 0 spiro atoms. The van der Waals surface area contributed by atoms with E-state index in [1.807, 2.05) is 60.7 Å². The summed E-state index contributed by atoms with van der Waals surface area (Å²) >= 11 is 0. The van der Waals surface area contributed by atoms with E-state index in [2.05, 4.69) is 43.0 Å². The summed E-state index contributed by atoms with van der Waals surface area (Å²) < 4.78 is 25.3. The molecule has 0 saturated carbocycles. The fraction of sp³-hybridized carbons (Fsp3) is 0.333. The van der Waals surface area contributed by atoms with Gasteiger partial charge in [0, 0.05) is 6.42 Å². The van der Waals surface area contributed by atoms with E-state index >= 15 is 0 Å². The Hall–Kier alpha value is -2.76. The SMILES string of the molecule is C=CC[C@@H]1O[C@H](COCc2ccccc2)C[C@H](OCc2ccccc2)[C@@H]1OCc1ccccc1. The molecule has 178 valence electrons. The number of hydrogen-bond donors (Lipinski definition) is 0. The molecule has 3 aromatic rings. The molecule has 3 aromatic carbocycles. The van der Waals surface area contributed by atoms with Crippen LogP contribution in [-0.4, -0.2) is 31.0 Å². The minimum absolute atomic E-state index is 0.0639. The van der Waals surface area contributed by atoms with E-state index in [9.17, 15) is 0 Å². The van der Waals surface area contributed by atoms with E-state index in [4.69, 9.17) is 18.9 Å². The molecule has 1 saturated heterocycles. The quantitative estimate of drug-likeness (QED) is 0.307. The first-order valence-corrected chi connectivity index (χ1v) is 12.0. The zero-order valence-electron chi connectivity index (χ0n) is 19.6. The third-order valence-corrected chi connectivity index (χ3v) is 6.00. The van der Waals surface area contributed by atoms with Crippen molar-refractivity contribution in [1.82, 2.24) is 0 Å². The van der Waals surface area contributed by atoms with Crippen LogP contribution in [0.2, 0.25) is 0 Å². The van der Waals surface area contributed by atoms with Gasteiger partial charge in [0.15, 0.2) is 0 Å². The van der Waals surface area contributed by atoms with Gasteiger partial charge >= 0.3 is 0 Å². The van der Waals surface area contributed by atoms with Gasteiger partial charge in [-0.3, -0.25) is 0 Å². The van der Waals surface area contributed by atoms with Gasteiger partial charge in [0.1, 0.15) is 6.10 Å². The lowest BCUT2D eigenvalue weighted by atomic mass is 9.95. The van der Waals surface area contributed by atoms with Crippen molar-refractivity contribution in [2.45, 2.75) is 57.1 Å². The Labute approximate surface area is 203 Å². The predicted octanol–water partition coefficient (Wildman–Crippen LogP) is 6.11. The summed E-state index contributed by atoms with van der Waals surface area (Å²) in [6, 6.07) is 30.7. The second-order valence-electron chi connectivity index (χ2n) is 8.65. The molecular formula is C30H34O4. The molecule has 1 aliphatic heterocycles. The number of rotatable bonds is 12. The zero-order valence-corrected chi connectivity index (χ0v) is 19.6. The van der Waals surface area contributed by atoms with Gasteiger partial charge in [-0.25, -0.2) is 0 Å². The minimum atomic E-state index is -0.188. The van der Waals surface area contributed by atoms with Crippen LogP contribution in [0.3, 0.4) is 0 Å². The van der Waals surface area contributed by atoms with Crippen LogP contribution in [0.15, 0.2) is 104 Å². The van der Waals surface area contributed by atoms with Crippen molar-refractivity contribution >= 4 is 0 Å². The minimum Gasteiger partial charge on any atom is -0.374 e. The van der Waals surface area contributed by atoms with E-state index in [-0.39, 0.29) is 24.4 Å². The summed E-state index contributed by atoms with van der Waals surface area (Å²) in [5.41, 5.74) is 3.44. The Morgan fingerprint density at radius 3 is 1.82 bits per heavy atom. The van der Waals surface area contributed by atoms with Crippen molar-refractivity contribution in [3.63, 3.8) is 0 Å². The van der Waals surface area contributed by atoms with Gasteiger partial charge in [-0.1, -0.05) is 97.1 Å². The number of benzene rings is 3. The lowest BCUT2D eigenvalue weighted by Crippen LogP contribution is -2.51. The van der Waals surface area contributed by atoms with E-state index in [1.165, 1.54) is 0 Å².